The average Bonchev–Trinajstić information content (AvgIpc) is 3.10. The van der Waals surface area contributed by atoms with Gasteiger partial charge in [-0.15, -0.1) is 0 Å². The van der Waals surface area contributed by atoms with Crippen LogP contribution in [0.1, 0.15) is 63.7 Å². The molecule has 6 aromatic rings. The lowest BCUT2D eigenvalue weighted by Gasteiger charge is -2.21. The van der Waals surface area contributed by atoms with Crippen molar-refractivity contribution in [2.75, 3.05) is 10.6 Å². The fraction of sp³-hybridized carbons (Fsp3) is 0. The highest BCUT2D eigenvalue weighted by Crippen LogP contribution is 2.35. The Morgan fingerprint density at radius 3 is 1.28 bits per heavy atom. The lowest BCUT2D eigenvalue weighted by Crippen LogP contribution is -2.22. The third-order valence-electron chi connectivity index (χ3n) is 7.97. The highest BCUT2D eigenvalue weighted by Gasteiger charge is 2.33. The molecule has 8 rings (SSSR count). The molecule has 2 N–H and O–H groups in total. The van der Waals surface area contributed by atoms with Crippen molar-refractivity contribution in [3.8, 4) is 11.4 Å². The third kappa shape index (κ3) is 4.27. The third-order valence-corrected chi connectivity index (χ3v) is 7.97. The molecule has 0 amide bonds. The Morgan fingerprint density at radius 1 is 0.413 bits per heavy atom. The summed E-state index contributed by atoms with van der Waals surface area (Å²) in [7, 11) is 0. The summed E-state index contributed by atoms with van der Waals surface area (Å²) in [4.78, 5) is 71.7. The van der Waals surface area contributed by atoms with Gasteiger partial charge in [0.15, 0.2) is 29.0 Å². The first-order valence-corrected chi connectivity index (χ1v) is 14.3. The monoisotopic (exact) mass is 600 g/mol. The SMILES string of the molecule is O=C1c2ccccc2C(=O)c2c(Nc3nc(Nc4cccc5c4C(=O)c4ccccc4C5=O)nc(-c4ccncc4)n3)cccc21. The van der Waals surface area contributed by atoms with Crippen LogP contribution in [0.5, 0.6) is 0 Å². The molecule has 0 unspecified atom stereocenters. The van der Waals surface area contributed by atoms with E-state index in [0.717, 1.165) is 0 Å². The van der Waals surface area contributed by atoms with E-state index in [0.29, 0.717) is 39.2 Å². The van der Waals surface area contributed by atoms with Crippen LogP contribution in [0.4, 0.5) is 23.3 Å². The zero-order valence-electron chi connectivity index (χ0n) is 23.8. The van der Waals surface area contributed by atoms with Crippen molar-refractivity contribution < 1.29 is 19.2 Å². The highest BCUT2D eigenvalue weighted by molar-refractivity contribution is 6.31. The number of carbonyl (C=O) groups is 4. The van der Waals surface area contributed by atoms with E-state index < -0.39 is 0 Å². The van der Waals surface area contributed by atoms with Crippen molar-refractivity contribution in [2.45, 2.75) is 0 Å². The summed E-state index contributed by atoms with van der Waals surface area (Å²) in [6, 6.07) is 26.9. The van der Waals surface area contributed by atoms with Gasteiger partial charge >= 0.3 is 0 Å². The van der Waals surface area contributed by atoms with Crippen molar-refractivity contribution in [3.05, 3.63) is 154 Å². The van der Waals surface area contributed by atoms with Gasteiger partial charge in [-0.25, -0.2) is 0 Å². The van der Waals surface area contributed by atoms with Gasteiger partial charge in [-0.2, -0.15) is 15.0 Å². The molecule has 0 saturated heterocycles. The van der Waals surface area contributed by atoms with E-state index in [1.165, 1.54) is 0 Å². The normalized spacial score (nSPS) is 13.0. The molecule has 10 heteroatoms. The fourth-order valence-corrected chi connectivity index (χ4v) is 5.86. The van der Waals surface area contributed by atoms with E-state index in [2.05, 4.69) is 30.6 Å². The molecular formula is C36H20N6O4. The summed E-state index contributed by atoms with van der Waals surface area (Å²) in [6.45, 7) is 0. The number of nitrogens with one attached hydrogen (secondary N) is 2. The predicted molar refractivity (Wildman–Crippen MR) is 169 cm³/mol. The molecule has 0 atom stereocenters. The summed E-state index contributed by atoms with van der Waals surface area (Å²) >= 11 is 0. The van der Waals surface area contributed by atoms with Crippen molar-refractivity contribution in [1.29, 1.82) is 0 Å². The molecule has 0 radical (unpaired) electrons. The standard InChI is InChI=1S/C36H20N6O4/c43-30-20-7-1-3-9-22(20)32(45)28-24(30)11-5-13-26(28)38-35-40-34(19-15-17-37-18-16-19)41-36(42-35)39-27-14-6-12-25-29(27)33(46)23-10-4-2-8-21(23)31(25)44/h1-18H,(H2,38,39,40,41,42). The highest BCUT2D eigenvalue weighted by atomic mass is 16.1. The molecule has 2 aliphatic carbocycles. The Kier molecular flexibility index (Phi) is 6.14. The van der Waals surface area contributed by atoms with Gasteiger partial charge in [0, 0.05) is 51.3 Å². The second-order valence-corrected chi connectivity index (χ2v) is 10.7. The van der Waals surface area contributed by atoms with Gasteiger partial charge < -0.3 is 10.6 Å². The van der Waals surface area contributed by atoms with Crippen LogP contribution in [0.25, 0.3) is 11.4 Å². The minimum Gasteiger partial charge on any atom is -0.323 e. The molecule has 2 heterocycles. The second kappa shape index (κ2) is 10.5. The average molecular weight is 601 g/mol. The van der Waals surface area contributed by atoms with E-state index in [1.54, 1.807) is 109 Å². The van der Waals surface area contributed by atoms with E-state index in [4.69, 9.17) is 0 Å². The topological polar surface area (TPSA) is 144 Å². The van der Waals surface area contributed by atoms with Crippen LogP contribution in [0.3, 0.4) is 0 Å². The molecule has 0 aliphatic heterocycles. The number of nitrogens with zero attached hydrogens (tertiary/aromatic N) is 4. The number of hydrogen-bond donors (Lipinski definition) is 2. The van der Waals surface area contributed by atoms with Crippen molar-refractivity contribution in [2.24, 2.45) is 0 Å². The number of fused-ring (bicyclic) bond motifs is 4. The molecule has 46 heavy (non-hydrogen) atoms. The Hall–Kier alpha value is -6.68. The zero-order chi connectivity index (χ0) is 31.4. The number of carbonyl (C=O) groups excluding carboxylic acids is 4. The number of pyridine rings is 1. The van der Waals surface area contributed by atoms with Crippen molar-refractivity contribution in [3.63, 3.8) is 0 Å². The molecule has 4 aromatic carbocycles. The van der Waals surface area contributed by atoms with Gasteiger partial charge in [0.1, 0.15) is 0 Å². The quantitative estimate of drug-likeness (QED) is 0.242. The maximum atomic E-state index is 13.6. The van der Waals surface area contributed by atoms with Gasteiger partial charge in [-0.05, 0) is 24.3 Å². The predicted octanol–water partition coefficient (Wildman–Crippen LogP) is 5.97. The summed E-state index contributed by atoms with van der Waals surface area (Å²) < 4.78 is 0. The summed E-state index contributed by atoms with van der Waals surface area (Å²) in [6.07, 6.45) is 3.20. The van der Waals surface area contributed by atoms with Crippen LogP contribution in [0.15, 0.2) is 109 Å². The van der Waals surface area contributed by atoms with Crippen LogP contribution in [-0.2, 0) is 0 Å². The summed E-state index contributed by atoms with van der Waals surface area (Å²) in [5.41, 5.74) is 3.64. The summed E-state index contributed by atoms with van der Waals surface area (Å²) in [5.74, 6) is -0.664. The molecule has 0 spiro atoms. The van der Waals surface area contributed by atoms with Crippen LogP contribution >= 0.6 is 0 Å². The number of hydrogen-bond acceptors (Lipinski definition) is 10. The van der Waals surface area contributed by atoms with Gasteiger partial charge in [0.05, 0.1) is 22.5 Å². The van der Waals surface area contributed by atoms with Gasteiger partial charge in [-0.1, -0.05) is 72.8 Å². The molecular weight excluding hydrogens is 580 g/mol. The fourth-order valence-electron chi connectivity index (χ4n) is 5.86. The van der Waals surface area contributed by atoms with Crippen LogP contribution in [0.2, 0.25) is 0 Å². The van der Waals surface area contributed by atoms with Gasteiger partial charge in [-0.3, -0.25) is 24.2 Å². The molecule has 2 aromatic heterocycles. The summed E-state index contributed by atoms with van der Waals surface area (Å²) in [5, 5.41) is 6.26. The van der Waals surface area contributed by atoms with E-state index in [9.17, 15) is 19.2 Å². The first-order valence-electron chi connectivity index (χ1n) is 14.3. The Bertz CT molecular complexity index is 2160. The first-order chi connectivity index (χ1) is 22.5. The first kappa shape index (κ1) is 26.9. The van der Waals surface area contributed by atoms with Crippen LogP contribution in [0, 0.1) is 0 Å². The van der Waals surface area contributed by atoms with Crippen molar-refractivity contribution >= 4 is 46.4 Å². The lowest BCUT2D eigenvalue weighted by atomic mass is 9.83. The van der Waals surface area contributed by atoms with Crippen molar-refractivity contribution in [1.82, 2.24) is 19.9 Å². The minimum absolute atomic E-state index is 0.0781. The molecule has 0 saturated carbocycles. The molecule has 218 valence electrons. The van der Waals surface area contributed by atoms with E-state index in [1.807, 2.05) is 0 Å². The van der Waals surface area contributed by atoms with Crippen LogP contribution < -0.4 is 10.6 Å². The van der Waals surface area contributed by atoms with Gasteiger partial charge in [0.25, 0.3) is 0 Å². The zero-order valence-corrected chi connectivity index (χ0v) is 23.8. The Labute approximate surface area is 261 Å². The lowest BCUT2D eigenvalue weighted by molar-refractivity contribution is 0.0979. The Morgan fingerprint density at radius 2 is 0.826 bits per heavy atom. The number of anilines is 4. The largest absolute Gasteiger partial charge is 0.323 e. The van der Waals surface area contributed by atoms with E-state index >= 15 is 0 Å². The Balaban J connectivity index is 1.22. The maximum absolute atomic E-state index is 13.6. The van der Waals surface area contributed by atoms with Gasteiger partial charge in [0.2, 0.25) is 11.9 Å². The number of rotatable bonds is 5. The van der Waals surface area contributed by atoms with E-state index in [-0.39, 0.29) is 63.1 Å². The minimum atomic E-state index is -0.297. The molecule has 10 nitrogen and oxygen atoms in total. The number of aromatic nitrogens is 4. The smallest absolute Gasteiger partial charge is 0.232 e. The number of ketones is 4. The molecule has 0 bridgehead atoms. The maximum Gasteiger partial charge on any atom is 0.232 e. The molecule has 0 fully saturated rings. The number of benzene rings is 4. The second-order valence-electron chi connectivity index (χ2n) is 10.7. The van der Waals surface area contributed by atoms with Crippen LogP contribution in [-0.4, -0.2) is 43.1 Å². The molecule has 2 aliphatic rings.